The average Bonchev–Trinajstić information content (AvgIpc) is 3.37. The third-order valence-electron chi connectivity index (χ3n) is 5.33. The van der Waals surface area contributed by atoms with E-state index in [-0.39, 0.29) is 24.5 Å². The van der Waals surface area contributed by atoms with Crippen molar-refractivity contribution in [2.24, 2.45) is 5.92 Å². The highest BCUT2D eigenvalue weighted by Gasteiger charge is 2.52. The Morgan fingerprint density at radius 3 is 2.50 bits per heavy atom. The van der Waals surface area contributed by atoms with Crippen LogP contribution in [0.2, 0.25) is 5.02 Å². The number of carbonyl (C=O) groups is 2. The van der Waals surface area contributed by atoms with Crippen molar-refractivity contribution in [2.75, 3.05) is 6.61 Å². The second kappa shape index (κ2) is 7.14. The molecule has 2 fully saturated rings. The average molecular weight is 350 g/mol. The van der Waals surface area contributed by atoms with Gasteiger partial charge in [0.1, 0.15) is 0 Å². The maximum Gasteiger partial charge on any atom is 0.317 e. The SMILES string of the molecule is C[C@H]1CCCC[C@@H]1NC(=O)COC(=O)C1(c2ccc(Cl)cc2)CC1. The Balaban J connectivity index is 1.52. The predicted octanol–water partition coefficient (Wildman–Crippen LogP) is 3.61. The zero-order valence-electron chi connectivity index (χ0n) is 14.0. The van der Waals surface area contributed by atoms with E-state index in [0.717, 1.165) is 37.7 Å². The summed E-state index contributed by atoms with van der Waals surface area (Å²) in [6, 6.07) is 7.49. The van der Waals surface area contributed by atoms with Gasteiger partial charge in [0.15, 0.2) is 6.61 Å². The Morgan fingerprint density at radius 1 is 1.21 bits per heavy atom. The number of nitrogens with one attached hydrogen (secondary N) is 1. The zero-order chi connectivity index (χ0) is 17.2. The van der Waals surface area contributed by atoms with Gasteiger partial charge in [-0.25, -0.2) is 0 Å². The molecular weight excluding hydrogens is 326 g/mol. The summed E-state index contributed by atoms with van der Waals surface area (Å²) >= 11 is 5.90. The molecule has 2 saturated carbocycles. The first-order chi connectivity index (χ1) is 11.5. The summed E-state index contributed by atoms with van der Waals surface area (Å²) in [5, 5.41) is 3.65. The van der Waals surface area contributed by atoms with Crippen LogP contribution in [0, 0.1) is 5.92 Å². The molecule has 5 heteroatoms. The fraction of sp³-hybridized carbons (Fsp3) is 0.579. The minimum Gasteiger partial charge on any atom is -0.455 e. The minimum absolute atomic E-state index is 0.197. The van der Waals surface area contributed by atoms with Crippen molar-refractivity contribution in [1.82, 2.24) is 5.32 Å². The summed E-state index contributed by atoms with van der Waals surface area (Å²) in [7, 11) is 0. The molecule has 0 saturated heterocycles. The maximum atomic E-state index is 12.4. The first-order valence-corrected chi connectivity index (χ1v) is 9.12. The molecule has 3 rings (SSSR count). The Morgan fingerprint density at radius 2 is 1.88 bits per heavy atom. The van der Waals surface area contributed by atoms with Crippen LogP contribution in [-0.4, -0.2) is 24.5 Å². The lowest BCUT2D eigenvalue weighted by atomic mass is 9.86. The van der Waals surface area contributed by atoms with Gasteiger partial charge in [-0.1, -0.05) is 43.5 Å². The van der Waals surface area contributed by atoms with Gasteiger partial charge in [-0.15, -0.1) is 0 Å². The molecular formula is C19H24ClNO3. The van der Waals surface area contributed by atoms with Crippen LogP contribution in [0.25, 0.3) is 0 Å². The van der Waals surface area contributed by atoms with Crippen LogP contribution in [-0.2, 0) is 19.7 Å². The summed E-state index contributed by atoms with van der Waals surface area (Å²) < 4.78 is 5.31. The molecule has 24 heavy (non-hydrogen) atoms. The standard InChI is InChI=1S/C19H24ClNO3/c1-13-4-2-3-5-16(13)21-17(22)12-24-18(23)19(10-11-19)14-6-8-15(20)9-7-14/h6-9,13,16H,2-5,10-12H2,1H3,(H,21,22)/t13-,16-/m0/s1. The number of carbonyl (C=O) groups excluding carboxylic acids is 2. The molecule has 130 valence electrons. The van der Waals surface area contributed by atoms with E-state index in [1.165, 1.54) is 6.42 Å². The topological polar surface area (TPSA) is 55.4 Å². The highest BCUT2D eigenvalue weighted by atomic mass is 35.5. The molecule has 1 N–H and O–H groups in total. The van der Waals surface area contributed by atoms with Crippen molar-refractivity contribution in [3.8, 4) is 0 Å². The van der Waals surface area contributed by atoms with Gasteiger partial charge in [0.05, 0.1) is 5.41 Å². The van der Waals surface area contributed by atoms with Gasteiger partial charge in [-0.05, 0) is 49.3 Å². The summed E-state index contributed by atoms with van der Waals surface area (Å²) in [4.78, 5) is 24.5. The first kappa shape index (κ1) is 17.3. The molecule has 1 amide bonds. The van der Waals surface area contributed by atoms with Crippen molar-refractivity contribution in [2.45, 2.75) is 56.9 Å². The molecule has 2 atom stereocenters. The van der Waals surface area contributed by atoms with Gasteiger partial charge in [0, 0.05) is 11.1 Å². The van der Waals surface area contributed by atoms with E-state index >= 15 is 0 Å². The molecule has 1 aromatic carbocycles. The maximum absolute atomic E-state index is 12.4. The van der Waals surface area contributed by atoms with Crippen molar-refractivity contribution >= 4 is 23.5 Å². The Kier molecular flexibility index (Phi) is 5.14. The minimum atomic E-state index is -0.580. The molecule has 1 aromatic rings. The lowest BCUT2D eigenvalue weighted by molar-refractivity contribution is -0.151. The molecule has 0 heterocycles. The lowest BCUT2D eigenvalue weighted by Gasteiger charge is -2.29. The molecule has 0 bridgehead atoms. The van der Waals surface area contributed by atoms with Gasteiger partial charge in [-0.2, -0.15) is 0 Å². The summed E-state index contributed by atoms with van der Waals surface area (Å²) in [5.74, 6) is -0.0204. The van der Waals surface area contributed by atoms with E-state index in [0.29, 0.717) is 10.9 Å². The van der Waals surface area contributed by atoms with Crippen LogP contribution in [0.5, 0.6) is 0 Å². The van der Waals surface area contributed by atoms with Crippen molar-refractivity contribution in [1.29, 1.82) is 0 Å². The fourth-order valence-corrected chi connectivity index (χ4v) is 3.68. The quantitative estimate of drug-likeness (QED) is 0.826. The number of hydrogen-bond donors (Lipinski definition) is 1. The Bertz CT molecular complexity index is 610. The number of amides is 1. The molecule has 0 unspecified atom stereocenters. The van der Waals surface area contributed by atoms with E-state index in [1.54, 1.807) is 12.1 Å². The van der Waals surface area contributed by atoms with E-state index in [1.807, 2.05) is 12.1 Å². The molecule has 0 aromatic heterocycles. The second-order valence-corrected chi connectivity index (χ2v) is 7.54. The molecule has 2 aliphatic rings. The summed E-state index contributed by atoms with van der Waals surface area (Å²) in [6.45, 7) is 1.97. The van der Waals surface area contributed by atoms with Crippen LogP contribution < -0.4 is 5.32 Å². The Hall–Kier alpha value is -1.55. The molecule has 0 spiro atoms. The van der Waals surface area contributed by atoms with Gasteiger partial charge in [0.25, 0.3) is 5.91 Å². The van der Waals surface area contributed by atoms with E-state index in [4.69, 9.17) is 16.3 Å². The molecule has 0 radical (unpaired) electrons. The van der Waals surface area contributed by atoms with E-state index in [2.05, 4.69) is 12.2 Å². The molecule has 4 nitrogen and oxygen atoms in total. The Labute approximate surface area is 147 Å². The molecule has 0 aliphatic heterocycles. The highest BCUT2D eigenvalue weighted by molar-refractivity contribution is 6.30. The number of benzene rings is 1. The zero-order valence-corrected chi connectivity index (χ0v) is 14.8. The van der Waals surface area contributed by atoms with Gasteiger partial charge in [0.2, 0.25) is 0 Å². The number of esters is 1. The van der Waals surface area contributed by atoms with E-state index < -0.39 is 5.41 Å². The number of ether oxygens (including phenoxy) is 1. The largest absolute Gasteiger partial charge is 0.455 e. The van der Waals surface area contributed by atoms with Gasteiger partial charge in [-0.3, -0.25) is 9.59 Å². The van der Waals surface area contributed by atoms with Crippen LogP contribution in [0.3, 0.4) is 0 Å². The van der Waals surface area contributed by atoms with Crippen molar-refractivity contribution in [3.63, 3.8) is 0 Å². The summed E-state index contributed by atoms with van der Waals surface area (Å²) in [6.07, 6.45) is 6.05. The second-order valence-electron chi connectivity index (χ2n) is 7.10. The normalized spacial score (nSPS) is 24.9. The lowest BCUT2D eigenvalue weighted by Crippen LogP contribution is -2.43. The third kappa shape index (κ3) is 3.75. The van der Waals surface area contributed by atoms with Gasteiger partial charge < -0.3 is 10.1 Å². The van der Waals surface area contributed by atoms with Crippen LogP contribution >= 0.6 is 11.6 Å². The van der Waals surface area contributed by atoms with Crippen LogP contribution in [0.1, 0.15) is 51.0 Å². The number of hydrogen-bond acceptors (Lipinski definition) is 3. The first-order valence-electron chi connectivity index (χ1n) is 8.74. The predicted molar refractivity (Wildman–Crippen MR) is 92.9 cm³/mol. The smallest absolute Gasteiger partial charge is 0.317 e. The highest BCUT2D eigenvalue weighted by Crippen LogP contribution is 2.49. The van der Waals surface area contributed by atoms with Crippen LogP contribution in [0.4, 0.5) is 0 Å². The monoisotopic (exact) mass is 349 g/mol. The molecule has 2 aliphatic carbocycles. The number of halogens is 1. The summed E-state index contributed by atoms with van der Waals surface area (Å²) in [5.41, 5.74) is 0.335. The fourth-order valence-electron chi connectivity index (χ4n) is 3.55. The van der Waals surface area contributed by atoms with Crippen molar-refractivity contribution in [3.05, 3.63) is 34.9 Å². The number of rotatable bonds is 5. The van der Waals surface area contributed by atoms with Crippen LogP contribution in [0.15, 0.2) is 24.3 Å². The third-order valence-corrected chi connectivity index (χ3v) is 5.58. The van der Waals surface area contributed by atoms with E-state index in [9.17, 15) is 9.59 Å². The van der Waals surface area contributed by atoms with Gasteiger partial charge >= 0.3 is 5.97 Å². The van der Waals surface area contributed by atoms with Crippen molar-refractivity contribution < 1.29 is 14.3 Å².